The van der Waals surface area contributed by atoms with Gasteiger partial charge in [-0.3, -0.25) is 0 Å². The highest BCUT2D eigenvalue weighted by Gasteiger charge is 2.08. The van der Waals surface area contributed by atoms with E-state index >= 15 is 0 Å². The molecule has 1 N–H and O–H groups in total. The Kier molecular flexibility index (Phi) is 3.32. The van der Waals surface area contributed by atoms with Crippen molar-refractivity contribution in [3.05, 3.63) is 47.2 Å². The average molecular weight is 247 g/mol. The molecule has 2 aromatic rings. The number of carboxylic acid groups (broad SMARTS) is 1. The van der Waals surface area contributed by atoms with Gasteiger partial charge in [-0.25, -0.2) is 9.78 Å². The zero-order valence-electron chi connectivity index (χ0n) is 10.1. The van der Waals surface area contributed by atoms with Gasteiger partial charge in [-0.15, -0.1) is 0 Å². The molecular weight excluding hydrogens is 234 g/mol. The summed E-state index contributed by atoms with van der Waals surface area (Å²) in [5, 5.41) is 8.85. The minimum Gasteiger partial charge on any atom is -0.487 e. The van der Waals surface area contributed by atoms with E-state index in [4.69, 9.17) is 14.3 Å². The lowest BCUT2D eigenvalue weighted by Crippen LogP contribution is -2.01. The fraction of sp³-hybridized carbons (Fsp3) is 0.231. The standard InChI is InChI=1S/C13H13NO4/c1-8-5-10(13(15)16)3-4-12(8)17-6-11-9(2)18-7-14-11/h3-5,7H,6H2,1-2H3,(H,15,16). The van der Waals surface area contributed by atoms with Gasteiger partial charge in [0.05, 0.1) is 5.56 Å². The Morgan fingerprint density at radius 3 is 2.78 bits per heavy atom. The van der Waals surface area contributed by atoms with E-state index < -0.39 is 5.97 Å². The minimum atomic E-state index is -0.947. The van der Waals surface area contributed by atoms with Crippen LogP contribution in [0.4, 0.5) is 0 Å². The Morgan fingerprint density at radius 2 is 2.22 bits per heavy atom. The summed E-state index contributed by atoms with van der Waals surface area (Å²) < 4.78 is 10.6. The number of benzene rings is 1. The Bertz CT molecular complexity index is 574. The molecule has 5 heteroatoms. The number of ether oxygens (including phenoxy) is 1. The lowest BCUT2D eigenvalue weighted by atomic mass is 10.1. The third kappa shape index (κ3) is 2.51. The van der Waals surface area contributed by atoms with Gasteiger partial charge in [-0.1, -0.05) is 0 Å². The van der Waals surface area contributed by atoms with E-state index in [9.17, 15) is 4.79 Å². The number of oxazole rings is 1. The van der Waals surface area contributed by atoms with Crippen molar-refractivity contribution in [1.29, 1.82) is 0 Å². The summed E-state index contributed by atoms with van der Waals surface area (Å²) in [4.78, 5) is 14.8. The van der Waals surface area contributed by atoms with Crippen molar-refractivity contribution in [3.63, 3.8) is 0 Å². The molecule has 0 amide bonds. The molecule has 0 aliphatic heterocycles. The molecule has 0 aliphatic rings. The molecule has 0 aliphatic carbocycles. The number of carbonyl (C=O) groups is 1. The smallest absolute Gasteiger partial charge is 0.335 e. The predicted molar refractivity (Wildman–Crippen MR) is 63.7 cm³/mol. The molecule has 0 bridgehead atoms. The molecular formula is C13H13NO4. The minimum absolute atomic E-state index is 0.248. The van der Waals surface area contributed by atoms with Gasteiger partial charge in [-0.05, 0) is 37.6 Å². The molecule has 0 unspecified atom stereocenters. The summed E-state index contributed by atoms with van der Waals surface area (Å²) in [6.07, 6.45) is 1.37. The van der Waals surface area contributed by atoms with Gasteiger partial charge in [0.1, 0.15) is 23.8 Å². The number of aromatic carboxylic acids is 1. The lowest BCUT2D eigenvalue weighted by Gasteiger charge is -2.08. The maximum Gasteiger partial charge on any atom is 0.335 e. The Labute approximate surface area is 104 Å². The predicted octanol–water partition coefficient (Wildman–Crippen LogP) is 2.57. The lowest BCUT2D eigenvalue weighted by molar-refractivity contribution is 0.0696. The number of aryl methyl sites for hydroxylation is 2. The number of hydrogen-bond acceptors (Lipinski definition) is 4. The largest absolute Gasteiger partial charge is 0.487 e. The quantitative estimate of drug-likeness (QED) is 0.898. The molecule has 94 valence electrons. The highest BCUT2D eigenvalue weighted by molar-refractivity contribution is 5.88. The van der Waals surface area contributed by atoms with Crippen LogP contribution in [-0.4, -0.2) is 16.1 Å². The van der Waals surface area contributed by atoms with Crippen molar-refractivity contribution in [1.82, 2.24) is 4.98 Å². The van der Waals surface area contributed by atoms with E-state index in [0.29, 0.717) is 12.4 Å². The van der Waals surface area contributed by atoms with Crippen molar-refractivity contribution in [3.8, 4) is 5.75 Å². The maximum atomic E-state index is 10.8. The third-order valence-corrected chi connectivity index (χ3v) is 2.63. The average Bonchev–Trinajstić information content (AvgIpc) is 2.73. The summed E-state index contributed by atoms with van der Waals surface area (Å²) in [6, 6.07) is 4.74. The van der Waals surface area contributed by atoms with Crippen LogP contribution in [0.25, 0.3) is 0 Å². The van der Waals surface area contributed by atoms with Crippen LogP contribution in [-0.2, 0) is 6.61 Å². The fourth-order valence-corrected chi connectivity index (χ4v) is 1.56. The summed E-state index contributed by atoms with van der Waals surface area (Å²) in [6.45, 7) is 3.92. The monoisotopic (exact) mass is 247 g/mol. The molecule has 0 saturated heterocycles. The molecule has 0 saturated carbocycles. The van der Waals surface area contributed by atoms with Gasteiger partial charge < -0.3 is 14.3 Å². The molecule has 2 rings (SSSR count). The van der Waals surface area contributed by atoms with Crippen molar-refractivity contribution in [2.75, 3.05) is 0 Å². The number of carboxylic acids is 1. The van der Waals surface area contributed by atoms with E-state index in [2.05, 4.69) is 4.98 Å². The van der Waals surface area contributed by atoms with Gasteiger partial charge >= 0.3 is 5.97 Å². The van der Waals surface area contributed by atoms with Gasteiger partial charge in [0, 0.05) is 0 Å². The molecule has 18 heavy (non-hydrogen) atoms. The van der Waals surface area contributed by atoms with E-state index in [1.807, 2.05) is 6.92 Å². The first-order valence-electron chi connectivity index (χ1n) is 5.43. The summed E-state index contributed by atoms with van der Waals surface area (Å²) in [5.41, 5.74) is 1.75. The van der Waals surface area contributed by atoms with Crippen LogP contribution in [0.15, 0.2) is 29.0 Å². The highest BCUT2D eigenvalue weighted by Crippen LogP contribution is 2.20. The highest BCUT2D eigenvalue weighted by atomic mass is 16.5. The van der Waals surface area contributed by atoms with Crippen LogP contribution in [0.1, 0.15) is 27.4 Å². The summed E-state index contributed by atoms with van der Waals surface area (Å²) >= 11 is 0. The molecule has 1 heterocycles. The van der Waals surface area contributed by atoms with Crippen LogP contribution in [0, 0.1) is 13.8 Å². The molecule has 1 aromatic heterocycles. The Hall–Kier alpha value is -2.30. The summed E-state index contributed by atoms with van der Waals surface area (Å²) in [7, 11) is 0. The molecule has 5 nitrogen and oxygen atoms in total. The van der Waals surface area contributed by atoms with Crippen molar-refractivity contribution >= 4 is 5.97 Å². The molecule has 1 aromatic carbocycles. The SMILES string of the molecule is Cc1cc(C(=O)O)ccc1OCc1ncoc1C. The van der Waals surface area contributed by atoms with Gasteiger partial charge in [0.15, 0.2) is 6.39 Å². The van der Waals surface area contributed by atoms with Gasteiger partial charge in [0.2, 0.25) is 0 Å². The molecule has 0 atom stereocenters. The summed E-state index contributed by atoms with van der Waals surface area (Å²) in [5.74, 6) is 0.411. The first kappa shape index (κ1) is 12.2. The third-order valence-electron chi connectivity index (χ3n) is 2.63. The van der Waals surface area contributed by atoms with Gasteiger partial charge in [0.25, 0.3) is 0 Å². The van der Waals surface area contributed by atoms with E-state index in [1.54, 1.807) is 19.1 Å². The first-order valence-corrected chi connectivity index (χ1v) is 5.43. The fourth-order valence-electron chi connectivity index (χ4n) is 1.56. The van der Waals surface area contributed by atoms with Crippen molar-refractivity contribution < 1.29 is 19.1 Å². The van der Waals surface area contributed by atoms with Crippen LogP contribution in [0.5, 0.6) is 5.75 Å². The number of aromatic nitrogens is 1. The van der Waals surface area contributed by atoms with E-state index in [0.717, 1.165) is 17.0 Å². The number of rotatable bonds is 4. The number of hydrogen-bond donors (Lipinski definition) is 1. The Morgan fingerprint density at radius 1 is 1.44 bits per heavy atom. The maximum absolute atomic E-state index is 10.8. The zero-order chi connectivity index (χ0) is 13.1. The first-order chi connectivity index (χ1) is 8.58. The second kappa shape index (κ2) is 4.91. The number of nitrogens with zero attached hydrogens (tertiary/aromatic N) is 1. The second-order valence-electron chi connectivity index (χ2n) is 3.93. The van der Waals surface area contributed by atoms with Crippen LogP contribution in [0.2, 0.25) is 0 Å². The van der Waals surface area contributed by atoms with Crippen LogP contribution < -0.4 is 4.74 Å². The van der Waals surface area contributed by atoms with Crippen LogP contribution >= 0.6 is 0 Å². The molecule has 0 fully saturated rings. The topological polar surface area (TPSA) is 72.6 Å². The molecule has 0 spiro atoms. The van der Waals surface area contributed by atoms with Gasteiger partial charge in [-0.2, -0.15) is 0 Å². The van der Waals surface area contributed by atoms with Crippen molar-refractivity contribution in [2.24, 2.45) is 0 Å². The van der Waals surface area contributed by atoms with Crippen LogP contribution in [0.3, 0.4) is 0 Å². The van der Waals surface area contributed by atoms with Crippen molar-refractivity contribution in [2.45, 2.75) is 20.5 Å². The second-order valence-corrected chi connectivity index (χ2v) is 3.93. The Balaban J connectivity index is 2.11. The normalized spacial score (nSPS) is 10.3. The molecule has 0 radical (unpaired) electrons. The van der Waals surface area contributed by atoms with E-state index in [1.165, 1.54) is 12.5 Å². The zero-order valence-corrected chi connectivity index (χ0v) is 10.1. The van der Waals surface area contributed by atoms with E-state index in [-0.39, 0.29) is 5.56 Å².